The molecule has 0 heterocycles. The van der Waals surface area contributed by atoms with E-state index >= 15 is 0 Å². The van der Waals surface area contributed by atoms with Crippen LogP contribution in [0.4, 0.5) is 13.2 Å². The number of hydrogen-bond acceptors (Lipinski definition) is 2. The van der Waals surface area contributed by atoms with Crippen LogP contribution in [0.15, 0.2) is 24.3 Å². The molecule has 0 amide bonds. The number of nitrogens with one attached hydrogen (secondary N) is 1. The number of thiocarbonyl (C=S) groups is 1. The smallest absolute Gasteiger partial charge is 0.406 e. The molecule has 2 rings (SSSR count). The lowest BCUT2D eigenvalue weighted by atomic mass is 9.86. The predicted octanol–water partition coefficient (Wildman–Crippen LogP) is 4.51. The van der Waals surface area contributed by atoms with Gasteiger partial charge in [-0.25, -0.2) is 0 Å². The van der Waals surface area contributed by atoms with Crippen molar-refractivity contribution in [1.29, 1.82) is 0 Å². The maximum atomic E-state index is 13.0. The SMILES string of the molecule is COc1ccc(CN(CC(F)(F)F)C(=S)N[C@@H]2CCCC[C@@H]2C)cc1. The van der Waals surface area contributed by atoms with Crippen molar-refractivity contribution in [3.63, 3.8) is 0 Å². The van der Waals surface area contributed by atoms with Gasteiger partial charge in [-0.05, 0) is 48.7 Å². The molecule has 1 saturated carbocycles. The van der Waals surface area contributed by atoms with Crippen LogP contribution in [0.25, 0.3) is 0 Å². The first kappa shape index (κ1) is 19.8. The molecule has 0 bridgehead atoms. The Balaban J connectivity index is 2.06. The van der Waals surface area contributed by atoms with E-state index in [-0.39, 0.29) is 17.7 Å². The van der Waals surface area contributed by atoms with Gasteiger partial charge in [-0.2, -0.15) is 13.2 Å². The molecule has 25 heavy (non-hydrogen) atoms. The maximum absolute atomic E-state index is 13.0. The van der Waals surface area contributed by atoms with Crippen molar-refractivity contribution in [1.82, 2.24) is 10.2 Å². The Labute approximate surface area is 152 Å². The molecule has 1 aromatic rings. The van der Waals surface area contributed by atoms with Crippen LogP contribution in [0.2, 0.25) is 0 Å². The Bertz CT molecular complexity index is 562. The van der Waals surface area contributed by atoms with Crippen LogP contribution in [-0.2, 0) is 6.54 Å². The van der Waals surface area contributed by atoms with Gasteiger partial charge in [0.05, 0.1) is 7.11 Å². The first-order valence-electron chi connectivity index (χ1n) is 8.53. The third-order valence-electron chi connectivity index (χ3n) is 4.61. The first-order valence-corrected chi connectivity index (χ1v) is 8.94. The quantitative estimate of drug-likeness (QED) is 0.767. The van der Waals surface area contributed by atoms with Crippen LogP contribution in [0.1, 0.15) is 38.2 Å². The Morgan fingerprint density at radius 3 is 2.44 bits per heavy atom. The average molecular weight is 374 g/mol. The van der Waals surface area contributed by atoms with E-state index in [4.69, 9.17) is 17.0 Å². The Hall–Kier alpha value is -1.50. The number of nitrogens with zero attached hydrogens (tertiary/aromatic N) is 1. The Morgan fingerprint density at radius 1 is 1.24 bits per heavy atom. The van der Waals surface area contributed by atoms with Gasteiger partial charge < -0.3 is 15.0 Å². The molecule has 0 saturated heterocycles. The fourth-order valence-electron chi connectivity index (χ4n) is 3.15. The molecule has 2 atom stereocenters. The van der Waals surface area contributed by atoms with Gasteiger partial charge in [0.25, 0.3) is 0 Å². The summed E-state index contributed by atoms with van der Waals surface area (Å²) < 4.78 is 44.1. The van der Waals surface area contributed by atoms with E-state index in [1.165, 1.54) is 11.3 Å². The summed E-state index contributed by atoms with van der Waals surface area (Å²) >= 11 is 5.32. The van der Waals surface area contributed by atoms with Crippen LogP contribution in [-0.4, -0.2) is 35.9 Å². The zero-order valence-corrected chi connectivity index (χ0v) is 15.4. The van der Waals surface area contributed by atoms with Crippen molar-refractivity contribution >= 4 is 17.3 Å². The highest BCUT2D eigenvalue weighted by Gasteiger charge is 2.33. The van der Waals surface area contributed by atoms with Crippen molar-refractivity contribution < 1.29 is 17.9 Å². The molecule has 0 aliphatic heterocycles. The van der Waals surface area contributed by atoms with Crippen LogP contribution >= 0.6 is 12.2 Å². The highest BCUT2D eigenvalue weighted by atomic mass is 32.1. The summed E-state index contributed by atoms with van der Waals surface area (Å²) in [6, 6.07) is 7.14. The number of ether oxygens (including phenoxy) is 1. The normalized spacial score (nSPS) is 20.8. The van der Waals surface area contributed by atoms with Crippen LogP contribution in [0, 0.1) is 5.92 Å². The van der Waals surface area contributed by atoms with E-state index < -0.39 is 12.7 Å². The molecule has 1 N–H and O–H groups in total. The lowest BCUT2D eigenvalue weighted by Gasteiger charge is -2.34. The summed E-state index contributed by atoms with van der Waals surface area (Å²) in [4.78, 5) is 1.19. The van der Waals surface area contributed by atoms with Gasteiger partial charge >= 0.3 is 6.18 Å². The molecule has 140 valence electrons. The minimum absolute atomic E-state index is 0.108. The topological polar surface area (TPSA) is 24.5 Å². The molecule has 7 heteroatoms. The lowest BCUT2D eigenvalue weighted by Crippen LogP contribution is -2.49. The highest BCUT2D eigenvalue weighted by Crippen LogP contribution is 2.25. The minimum Gasteiger partial charge on any atom is -0.497 e. The van der Waals surface area contributed by atoms with Crippen molar-refractivity contribution in [3.05, 3.63) is 29.8 Å². The van der Waals surface area contributed by atoms with Crippen molar-refractivity contribution in [2.24, 2.45) is 5.92 Å². The monoisotopic (exact) mass is 374 g/mol. The maximum Gasteiger partial charge on any atom is 0.406 e. The largest absolute Gasteiger partial charge is 0.497 e. The molecule has 0 spiro atoms. The number of hydrogen-bond donors (Lipinski definition) is 1. The highest BCUT2D eigenvalue weighted by molar-refractivity contribution is 7.80. The molecule has 1 fully saturated rings. The summed E-state index contributed by atoms with van der Waals surface area (Å²) in [5.74, 6) is 1.09. The zero-order valence-electron chi connectivity index (χ0n) is 14.6. The van der Waals surface area contributed by atoms with E-state index in [1.807, 2.05) is 0 Å². The molecule has 1 aromatic carbocycles. The number of halogens is 3. The molecule has 0 unspecified atom stereocenters. The van der Waals surface area contributed by atoms with Gasteiger partial charge in [-0.3, -0.25) is 0 Å². The molecule has 1 aliphatic carbocycles. The van der Waals surface area contributed by atoms with E-state index in [0.29, 0.717) is 11.7 Å². The van der Waals surface area contributed by atoms with Crippen LogP contribution in [0.3, 0.4) is 0 Å². The number of methoxy groups -OCH3 is 1. The summed E-state index contributed by atoms with van der Waals surface area (Å²) in [6.07, 6.45) is -0.0231. The van der Waals surface area contributed by atoms with E-state index in [2.05, 4.69) is 12.2 Å². The third kappa shape index (κ3) is 6.38. The van der Waals surface area contributed by atoms with Crippen molar-refractivity contribution in [2.75, 3.05) is 13.7 Å². The second kappa shape index (κ2) is 8.74. The van der Waals surface area contributed by atoms with Crippen LogP contribution < -0.4 is 10.1 Å². The number of alkyl halides is 3. The lowest BCUT2D eigenvalue weighted by molar-refractivity contribution is -0.138. The third-order valence-corrected chi connectivity index (χ3v) is 4.99. The first-order chi connectivity index (χ1) is 11.8. The van der Waals surface area contributed by atoms with E-state index in [9.17, 15) is 13.2 Å². The summed E-state index contributed by atoms with van der Waals surface area (Å²) in [6.45, 7) is 1.17. The van der Waals surface area contributed by atoms with Gasteiger partial charge in [0.2, 0.25) is 0 Å². The standard InChI is InChI=1S/C18H25F3N2OS/c1-13-5-3-4-6-16(13)22-17(25)23(12-18(19,20)21)11-14-7-9-15(24-2)10-8-14/h7-10,13,16H,3-6,11-12H2,1-2H3,(H,22,25)/t13-,16+/m0/s1. The predicted molar refractivity (Wildman–Crippen MR) is 96.6 cm³/mol. The summed E-state index contributed by atoms with van der Waals surface area (Å²) in [5, 5.41) is 3.34. The van der Waals surface area contributed by atoms with Gasteiger partial charge in [-0.15, -0.1) is 0 Å². The fourth-order valence-corrected chi connectivity index (χ4v) is 3.43. The summed E-state index contributed by atoms with van der Waals surface area (Å²) in [7, 11) is 1.55. The van der Waals surface area contributed by atoms with Gasteiger partial charge in [0.15, 0.2) is 5.11 Å². The van der Waals surface area contributed by atoms with E-state index in [0.717, 1.165) is 24.8 Å². The Morgan fingerprint density at radius 2 is 1.88 bits per heavy atom. The molecule has 1 aliphatic rings. The van der Waals surface area contributed by atoms with Gasteiger partial charge in [0.1, 0.15) is 12.3 Å². The second-order valence-corrected chi connectivity index (χ2v) is 7.02. The summed E-state index contributed by atoms with van der Waals surface area (Å²) in [5.41, 5.74) is 0.755. The molecule has 0 radical (unpaired) electrons. The molecule has 3 nitrogen and oxygen atoms in total. The molecular weight excluding hydrogens is 349 g/mol. The zero-order chi connectivity index (χ0) is 18.4. The second-order valence-electron chi connectivity index (χ2n) is 6.64. The van der Waals surface area contributed by atoms with Gasteiger partial charge in [0, 0.05) is 12.6 Å². The van der Waals surface area contributed by atoms with E-state index in [1.54, 1.807) is 31.4 Å². The molecule has 0 aromatic heterocycles. The fraction of sp³-hybridized carbons (Fsp3) is 0.611. The Kier molecular flexibility index (Phi) is 6.93. The number of rotatable bonds is 5. The number of benzene rings is 1. The van der Waals surface area contributed by atoms with Crippen LogP contribution in [0.5, 0.6) is 5.75 Å². The minimum atomic E-state index is -4.31. The van der Waals surface area contributed by atoms with Crippen molar-refractivity contribution in [2.45, 2.75) is 51.4 Å². The average Bonchev–Trinajstić information content (AvgIpc) is 2.56. The van der Waals surface area contributed by atoms with Gasteiger partial charge in [-0.1, -0.05) is 31.9 Å². The molecular formula is C18H25F3N2OS. The van der Waals surface area contributed by atoms with Crippen molar-refractivity contribution in [3.8, 4) is 5.75 Å².